The molecule has 22 heavy (non-hydrogen) atoms. The number of amides is 1. The summed E-state index contributed by atoms with van der Waals surface area (Å²) >= 11 is 0. The van der Waals surface area contributed by atoms with Crippen molar-refractivity contribution in [1.29, 1.82) is 0 Å². The number of alkyl halides is 4. The highest BCUT2D eigenvalue weighted by molar-refractivity contribution is 5.90. The molecule has 1 aromatic rings. The van der Waals surface area contributed by atoms with E-state index in [-0.39, 0.29) is 44.1 Å². The van der Waals surface area contributed by atoms with Crippen molar-refractivity contribution in [3.8, 4) is 0 Å². The summed E-state index contributed by atoms with van der Waals surface area (Å²) in [5, 5.41) is 6.54. The van der Waals surface area contributed by atoms with Gasteiger partial charge in [0, 0.05) is 31.8 Å². The molecule has 0 unspecified atom stereocenters. The van der Waals surface area contributed by atoms with E-state index >= 15 is 0 Å². The van der Waals surface area contributed by atoms with Gasteiger partial charge in [-0.25, -0.2) is 27.2 Å². The van der Waals surface area contributed by atoms with Crippen LogP contribution in [0.1, 0.15) is 48.5 Å². The largest absolute Gasteiger partial charge is 0.347 e. The van der Waals surface area contributed by atoms with Crippen LogP contribution in [0.15, 0.2) is 0 Å². The van der Waals surface area contributed by atoms with Crippen molar-refractivity contribution in [3.63, 3.8) is 0 Å². The lowest BCUT2D eigenvalue weighted by molar-refractivity contribution is -0.0399. The number of carbonyl (C=O) groups excluding carboxylic acids is 1. The highest BCUT2D eigenvalue weighted by Crippen LogP contribution is 2.33. The molecule has 1 amide bonds. The van der Waals surface area contributed by atoms with Crippen LogP contribution in [0.3, 0.4) is 0 Å². The van der Waals surface area contributed by atoms with Crippen LogP contribution in [-0.2, 0) is 6.54 Å². The standard InChI is InChI=1S/C13H18F4N4O/c1-8-18-11(21(20-8)7-4-10(14)15)12(22)19-9-2-5-13(16,17)6-3-9/h9-10H,2-7H2,1H3,(H,19,22). The van der Waals surface area contributed by atoms with E-state index in [9.17, 15) is 22.4 Å². The summed E-state index contributed by atoms with van der Waals surface area (Å²) in [6.45, 7) is 1.43. The zero-order chi connectivity index (χ0) is 16.3. The Morgan fingerprint density at radius 1 is 1.41 bits per heavy atom. The Morgan fingerprint density at radius 3 is 2.64 bits per heavy atom. The van der Waals surface area contributed by atoms with Gasteiger partial charge in [-0.1, -0.05) is 0 Å². The van der Waals surface area contributed by atoms with Gasteiger partial charge in [0.15, 0.2) is 0 Å². The first-order chi connectivity index (χ1) is 10.3. The summed E-state index contributed by atoms with van der Waals surface area (Å²) in [6.07, 6.45) is -3.10. The average Bonchev–Trinajstić information content (AvgIpc) is 2.80. The summed E-state index contributed by atoms with van der Waals surface area (Å²) in [6, 6.07) is -0.354. The van der Waals surface area contributed by atoms with Gasteiger partial charge in [-0.2, -0.15) is 5.10 Å². The van der Waals surface area contributed by atoms with Crippen molar-refractivity contribution in [3.05, 3.63) is 11.6 Å². The second-order valence-electron chi connectivity index (χ2n) is 5.49. The quantitative estimate of drug-likeness (QED) is 0.848. The summed E-state index contributed by atoms with van der Waals surface area (Å²) in [7, 11) is 0. The maximum absolute atomic E-state index is 13.1. The molecule has 0 aromatic carbocycles. The second-order valence-corrected chi connectivity index (χ2v) is 5.49. The van der Waals surface area contributed by atoms with Gasteiger partial charge < -0.3 is 5.32 Å². The van der Waals surface area contributed by atoms with Crippen molar-refractivity contribution in [1.82, 2.24) is 20.1 Å². The first-order valence-corrected chi connectivity index (χ1v) is 7.15. The van der Waals surface area contributed by atoms with Crippen molar-refractivity contribution < 1.29 is 22.4 Å². The second kappa shape index (κ2) is 6.62. The van der Waals surface area contributed by atoms with E-state index in [0.717, 1.165) is 4.68 Å². The summed E-state index contributed by atoms with van der Waals surface area (Å²) in [5.74, 6) is -3.00. The molecular formula is C13H18F4N4O. The topological polar surface area (TPSA) is 59.8 Å². The Kier molecular flexibility index (Phi) is 5.02. The minimum Gasteiger partial charge on any atom is -0.347 e. The number of carbonyl (C=O) groups is 1. The first kappa shape index (κ1) is 16.7. The van der Waals surface area contributed by atoms with Crippen molar-refractivity contribution in [2.45, 2.75) is 64.0 Å². The molecule has 9 heteroatoms. The molecule has 1 aliphatic rings. The van der Waals surface area contributed by atoms with E-state index in [2.05, 4.69) is 15.4 Å². The molecule has 0 radical (unpaired) electrons. The van der Waals surface area contributed by atoms with Gasteiger partial charge in [-0.15, -0.1) is 0 Å². The molecule has 1 heterocycles. The van der Waals surface area contributed by atoms with E-state index in [4.69, 9.17) is 0 Å². The van der Waals surface area contributed by atoms with Crippen LogP contribution in [0.4, 0.5) is 17.6 Å². The number of nitrogens with one attached hydrogen (secondary N) is 1. The summed E-state index contributed by atoms with van der Waals surface area (Å²) in [4.78, 5) is 16.1. The fourth-order valence-corrected chi connectivity index (χ4v) is 2.43. The van der Waals surface area contributed by atoms with Crippen LogP contribution in [0, 0.1) is 6.92 Å². The molecule has 2 rings (SSSR count). The number of nitrogens with zero attached hydrogens (tertiary/aromatic N) is 3. The monoisotopic (exact) mass is 322 g/mol. The normalized spacial score (nSPS) is 18.6. The smallest absolute Gasteiger partial charge is 0.289 e. The van der Waals surface area contributed by atoms with Gasteiger partial charge in [0.05, 0.1) is 0 Å². The highest BCUT2D eigenvalue weighted by Gasteiger charge is 2.35. The number of hydrogen-bond donors (Lipinski definition) is 1. The number of aromatic nitrogens is 3. The zero-order valence-electron chi connectivity index (χ0n) is 12.2. The lowest BCUT2D eigenvalue weighted by Gasteiger charge is -2.28. The predicted molar refractivity (Wildman–Crippen MR) is 70.0 cm³/mol. The minimum absolute atomic E-state index is 0.0597. The fourth-order valence-electron chi connectivity index (χ4n) is 2.43. The van der Waals surface area contributed by atoms with E-state index in [1.54, 1.807) is 6.92 Å². The number of hydrogen-bond acceptors (Lipinski definition) is 3. The van der Waals surface area contributed by atoms with Crippen molar-refractivity contribution in [2.24, 2.45) is 0 Å². The molecule has 0 aliphatic heterocycles. The minimum atomic E-state index is -2.67. The van der Waals surface area contributed by atoms with Gasteiger partial charge in [-0.3, -0.25) is 4.79 Å². The summed E-state index contributed by atoms with van der Waals surface area (Å²) < 4.78 is 51.8. The molecule has 1 aliphatic carbocycles. The highest BCUT2D eigenvalue weighted by atomic mass is 19.3. The van der Waals surface area contributed by atoms with E-state index in [1.165, 1.54) is 0 Å². The Bertz CT molecular complexity index is 522. The number of halogens is 4. The third-order valence-electron chi connectivity index (χ3n) is 3.59. The van der Waals surface area contributed by atoms with Crippen LogP contribution in [0.25, 0.3) is 0 Å². The van der Waals surface area contributed by atoms with Crippen molar-refractivity contribution in [2.75, 3.05) is 0 Å². The lowest BCUT2D eigenvalue weighted by atomic mass is 9.92. The van der Waals surface area contributed by atoms with E-state index in [1.807, 2.05) is 0 Å². The molecule has 1 N–H and O–H groups in total. The average molecular weight is 322 g/mol. The molecule has 124 valence electrons. The van der Waals surface area contributed by atoms with Crippen LogP contribution in [0.5, 0.6) is 0 Å². The van der Waals surface area contributed by atoms with Gasteiger partial charge in [0.1, 0.15) is 5.82 Å². The molecule has 1 aromatic heterocycles. The van der Waals surface area contributed by atoms with E-state index in [0.29, 0.717) is 5.82 Å². The molecule has 0 saturated heterocycles. The first-order valence-electron chi connectivity index (χ1n) is 7.15. The van der Waals surface area contributed by atoms with Crippen LogP contribution >= 0.6 is 0 Å². The van der Waals surface area contributed by atoms with Gasteiger partial charge in [0.2, 0.25) is 18.2 Å². The van der Waals surface area contributed by atoms with Crippen LogP contribution in [0.2, 0.25) is 0 Å². The maximum atomic E-state index is 13.1. The Hall–Kier alpha value is -1.67. The Balaban J connectivity index is 1.97. The Labute approximate surface area is 125 Å². The van der Waals surface area contributed by atoms with Gasteiger partial charge in [-0.05, 0) is 19.8 Å². The number of aryl methyl sites for hydroxylation is 2. The van der Waals surface area contributed by atoms with Crippen LogP contribution in [-0.4, -0.2) is 39.1 Å². The van der Waals surface area contributed by atoms with Crippen LogP contribution < -0.4 is 5.32 Å². The van der Waals surface area contributed by atoms with Crippen molar-refractivity contribution >= 4 is 5.91 Å². The Morgan fingerprint density at radius 2 is 2.05 bits per heavy atom. The molecule has 1 fully saturated rings. The maximum Gasteiger partial charge on any atom is 0.289 e. The number of rotatable bonds is 5. The molecule has 0 atom stereocenters. The third-order valence-corrected chi connectivity index (χ3v) is 3.59. The van der Waals surface area contributed by atoms with Gasteiger partial charge in [0.25, 0.3) is 5.91 Å². The van der Waals surface area contributed by atoms with Gasteiger partial charge >= 0.3 is 0 Å². The lowest BCUT2D eigenvalue weighted by Crippen LogP contribution is -2.41. The fraction of sp³-hybridized carbons (Fsp3) is 0.769. The third kappa shape index (κ3) is 4.41. The molecule has 0 spiro atoms. The van der Waals surface area contributed by atoms with E-state index < -0.39 is 24.7 Å². The molecule has 0 bridgehead atoms. The molecule has 1 saturated carbocycles. The predicted octanol–water partition coefficient (Wildman–Crippen LogP) is 2.55. The summed E-state index contributed by atoms with van der Waals surface area (Å²) in [5.41, 5.74) is 0. The molecular weight excluding hydrogens is 304 g/mol. The SMILES string of the molecule is Cc1nc(C(=O)NC2CCC(F)(F)CC2)n(CCC(F)F)n1. The molecule has 5 nitrogen and oxygen atoms in total. The zero-order valence-corrected chi connectivity index (χ0v) is 12.2.